The van der Waals surface area contributed by atoms with Gasteiger partial charge in [-0.15, -0.1) is 24.8 Å². The monoisotopic (exact) mass is 363 g/mol. The predicted molar refractivity (Wildman–Crippen MR) is 99.2 cm³/mol. The highest BCUT2D eigenvalue weighted by Gasteiger charge is 2.20. The summed E-state index contributed by atoms with van der Waals surface area (Å²) >= 11 is 0. The fourth-order valence-electron chi connectivity index (χ4n) is 1.93. The number of ether oxygens (including phenoxy) is 1. The van der Waals surface area contributed by atoms with Gasteiger partial charge >= 0.3 is 0 Å². The number of benzene rings is 1. The minimum absolute atomic E-state index is 0. The minimum Gasteiger partial charge on any atom is -0.492 e. The molecule has 2 rings (SSSR count). The molecule has 0 radical (unpaired) electrons. The molecule has 7 heteroatoms. The molecule has 0 bridgehead atoms. The van der Waals surface area contributed by atoms with Crippen molar-refractivity contribution in [2.45, 2.75) is 12.8 Å². The van der Waals surface area contributed by atoms with Gasteiger partial charge in [0.2, 0.25) is 5.91 Å². The molecule has 0 aliphatic heterocycles. The molecule has 0 atom stereocenters. The number of likely N-dealkylation sites (N-methyl/N-ethyl adjacent to an activating group) is 1. The molecule has 0 saturated heterocycles. The van der Waals surface area contributed by atoms with Crippen LogP contribution in [0.1, 0.15) is 12.8 Å². The van der Waals surface area contributed by atoms with Crippen LogP contribution in [-0.2, 0) is 4.79 Å². The largest absolute Gasteiger partial charge is 0.492 e. The quantitative estimate of drug-likeness (QED) is 0.707. The number of hydrogen-bond donors (Lipinski definition) is 2. The highest BCUT2D eigenvalue weighted by Crippen LogP contribution is 2.27. The molecule has 1 fully saturated rings. The van der Waals surface area contributed by atoms with E-state index < -0.39 is 0 Å². The number of nitrogens with zero attached hydrogens (tertiary/aromatic N) is 1. The summed E-state index contributed by atoms with van der Waals surface area (Å²) in [5.41, 5.74) is 0.774. The van der Waals surface area contributed by atoms with E-state index in [1.54, 1.807) is 0 Å². The zero-order valence-corrected chi connectivity index (χ0v) is 15.3. The number of anilines is 1. The molecular weight excluding hydrogens is 337 g/mol. The molecule has 132 valence electrons. The second-order valence-electron chi connectivity index (χ2n) is 5.80. The Bertz CT molecular complexity index is 468. The van der Waals surface area contributed by atoms with Crippen LogP contribution in [0.5, 0.6) is 5.75 Å². The Morgan fingerprint density at radius 3 is 2.70 bits per heavy atom. The van der Waals surface area contributed by atoms with E-state index in [4.69, 9.17) is 4.74 Å². The Labute approximate surface area is 151 Å². The van der Waals surface area contributed by atoms with Crippen molar-refractivity contribution >= 4 is 36.4 Å². The minimum atomic E-state index is -0.0129. The Balaban J connectivity index is 0.00000242. The third-order valence-electron chi connectivity index (χ3n) is 3.34. The van der Waals surface area contributed by atoms with Crippen molar-refractivity contribution in [1.82, 2.24) is 10.2 Å². The molecule has 0 unspecified atom stereocenters. The first-order valence-electron chi connectivity index (χ1n) is 7.51. The first-order chi connectivity index (χ1) is 10.1. The lowest BCUT2D eigenvalue weighted by molar-refractivity contribution is -0.115. The molecule has 1 aromatic rings. The number of hydrogen-bond acceptors (Lipinski definition) is 4. The number of nitrogens with one attached hydrogen (secondary N) is 2. The maximum absolute atomic E-state index is 11.8. The molecule has 2 N–H and O–H groups in total. The Morgan fingerprint density at radius 2 is 2.04 bits per heavy atom. The summed E-state index contributed by atoms with van der Waals surface area (Å²) in [5.74, 6) is 1.55. The number of rotatable bonds is 9. The van der Waals surface area contributed by atoms with Crippen LogP contribution in [0.3, 0.4) is 0 Å². The summed E-state index contributed by atoms with van der Waals surface area (Å²) in [6, 6.07) is 7.51. The van der Waals surface area contributed by atoms with Crippen molar-refractivity contribution in [3.8, 4) is 5.75 Å². The average molecular weight is 364 g/mol. The Hall–Kier alpha value is -1.01. The maximum atomic E-state index is 11.8. The normalized spacial score (nSPS) is 13.0. The zero-order chi connectivity index (χ0) is 15.1. The van der Waals surface area contributed by atoms with Crippen LogP contribution >= 0.6 is 24.8 Å². The first-order valence-corrected chi connectivity index (χ1v) is 7.51. The van der Waals surface area contributed by atoms with Gasteiger partial charge in [-0.2, -0.15) is 0 Å². The van der Waals surface area contributed by atoms with Crippen molar-refractivity contribution in [2.24, 2.45) is 5.92 Å². The molecule has 5 nitrogen and oxygen atoms in total. The van der Waals surface area contributed by atoms with Crippen molar-refractivity contribution in [1.29, 1.82) is 0 Å². The maximum Gasteiger partial charge on any atom is 0.238 e. The van der Waals surface area contributed by atoms with Crippen LogP contribution in [0.4, 0.5) is 5.69 Å². The molecule has 1 aliphatic carbocycles. The summed E-state index contributed by atoms with van der Waals surface area (Å²) in [6.45, 7) is 2.80. The number of amides is 1. The van der Waals surface area contributed by atoms with E-state index in [0.29, 0.717) is 13.2 Å². The van der Waals surface area contributed by atoms with Crippen molar-refractivity contribution in [3.63, 3.8) is 0 Å². The molecule has 1 aliphatic rings. The number of carbonyl (C=O) groups excluding carboxylic acids is 1. The lowest BCUT2D eigenvalue weighted by Gasteiger charge is -2.12. The van der Waals surface area contributed by atoms with Crippen molar-refractivity contribution in [3.05, 3.63) is 24.3 Å². The van der Waals surface area contributed by atoms with Gasteiger partial charge in [0.05, 0.1) is 6.54 Å². The van der Waals surface area contributed by atoms with Crippen LogP contribution in [0.2, 0.25) is 0 Å². The molecule has 1 aromatic carbocycles. The van der Waals surface area contributed by atoms with E-state index in [1.807, 2.05) is 38.4 Å². The van der Waals surface area contributed by atoms with Gasteiger partial charge in [0.15, 0.2) is 0 Å². The molecule has 1 amide bonds. The fourth-order valence-corrected chi connectivity index (χ4v) is 1.93. The van der Waals surface area contributed by atoms with Gasteiger partial charge in [-0.25, -0.2) is 0 Å². The predicted octanol–water partition coefficient (Wildman–Crippen LogP) is 2.41. The highest BCUT2D eigenvalue weighted by molar-refractivity contribution is 5.92. The van der Waals surface area contributed by atoms with E-state index in [2.05, 4.69) is 15.5 Å². The standard InChI is InChI=1S/C16H25N3O2.2ClH/c1-19(2)8-9-21-15-5-3-4-14(10-15)18-16(20)12-17-11-13-6-7-13;;/h3-5,10,13,17H,6-9,11-12H2,1-2H3,(H,18,20);2*1H. The third-order valence-corrected chi connectivity index (χ3v) is 3.34. The third kappa shape index (κ3) is 9.66. The van der Waals surface area contributed by atoms with Gasteiger partial charge < -0.3 is 20.3 Å². The second-order valence-corrected chi connectivity index (χ2v) is 5.80. The van der Waals surface area contributed by atoms with E-state index >= 15 is 0 Å². The van der Waals surface area contributed by atoms with Gasteiger partial charge in [0, 0.05) is 18.3 Å². The van der Waals surface area contributed by atoms with Gasteiger partial charge in [0.1, 0.15) is 12.4 Å². The molecule has 0 spiro atoms. The zero-order valence-electron chi connectivity index (χ0n) is 13.7. The first kappa shape index (κ1) is 22.0. The van der Waals surface area contributed by atoms with Crippen molar-refractivity contribution < 1.29 is 9.53 Å². The van der Waals surface area contributed by atoms with E-state index in [0.717, 1.165) is 30.4 Å². The Kier molecular flexibility index (Phi) is 11.0. The molecule has 0 heterocycles. The Morgan fingerprint density at radius 1 is 1.30 bits per heavy atom. The lowest BCUT2D eigenvalue weighted by Crippen LogP contribution is -2.29. The number of carbonyl (C=O) groups is 1. The van der Waals surface area contributed by atoms with Crippen LogP contribution < -0.4 is 15.4 Å². The van der Waals surface area contributed by atoms with Crippen LogP contribution in [0.25, 0.3) is 0 Å². The van der Waals surface area contributed by atoms with Gasteiger partial charge in [-0.05, 0) is 51.5 Å². The summed E-state index contributed by atoms with van der Waals surface area (Å²) in [4.78, 5) is 13.9. The fraction of sp³-hybridized carbons (Fsp3) is 0.562. The molecule has 0 aromatic heterocycles. The summed E-state index contributed by atoms with van der Waals surface area (Å²) in [5, 5.41) is 6.06. The summed E-state index contributed by atoms with van der Waals surface area (Å²) in [6.07, 6.45) is 2.59. The highest BCUT2D eigenvalue weighted by atomic mass is 35.5. The number of halogens is 2. The topological polar surface area (TPSA) is 53.6 Å². The van der Waals surface area contributed by atoms with E-state index in [-0.39, 0.29) is 30.7 Å². The van der Waals surface area contributed by atoms with Gasteiger partial charge in [-0.1, -0.05) is 6.07 Å². The van der Waals surface area contributed by atoms with Crippen LogP contribution in [0, 0.1) is 5.92 Å². The van der Waals surface area contributed by atoms with Crippen LogP contribution in [-0.4, -0.2) is 51.1 Å². The summed E-state index contributed by atoms with van der Waals surface area (Å²) < 4.78 is 5.65. The SMILES string of the molecule is CN(C)CCOc1cccc(NC(=O)CNCC2CC2)c1.Cl.Cl. The smallest absolute Gasteiger partial charge is 0.238 e. The van der Waals surface area contributed by atoms with E-state index in [1.165, 1.54) is 12.8 Å². The molecular formula is C16H27Cl2N3O2. The van der Waals surface area contributed by atoms with Crippen molar-refractivity contribution in [2.75, 3.05) is 45.7 Å². The van der Waals surface area contributed by atoms with Gasteiger partial charge in [0.25, 0.3) is 0 Å². The molecule has 23 heavy (non-hydrogen) atoms. The van der Waals surface area contributed by atoms with E-state index in [9.17, 15) is 4.79 Å². The molecule has 1 saturated carbocycles. The second kappa shape index (κ2) is 11.5. The van der Waals surface area contributed by atoms with Gasteiger partial charge in [-0.3, -0.25) is 4.79 Å². The van der Waals surface area contributed by atoms with Crippen LogP contribution in [0.15, 0.2) is 24.3 Å². The summed E-state index contributed by atoms with van der Waals surface area (Å²) in [7, 11) is 4.02. The lowest BCUT2D eigenvalue weighted by atomic mass is 10.3. The average Bonchev–Trinajstić information content (AvgIpc) is 3.23.